The van der Waals surface area contributed by atoms with Crippen LogP contribution >= 0.6 is 0 Å². The van der Waals surface area contributed by atoms with Gasteiger partial charge in [-0.3, -0.25) is 9.51 Å². The van der Waals surface area contributed by atoms with Crippen LogP contribution in [0.2, 0.25) is 0 Å². The lowest BCUT2D eigenvalue weighted by molar-refractivity contribution is 0.388. The van der Waals surface area contributed by atoms with Gasteiger partial charge in [0, 0.05) is 28.8 Å². The second-order valence-corrected chi connectivity index (χ2v) is 7.94. The predicted molar refractivity (Wildman–Crippen MR) is 106 cm³/mol. The van der Waals surface area contributed by atoms with E-state index >= 15 is 0 Å². The van der Waals surface area contributed by atoms with Crippen molar-refractivity contribution in [2.24, 2.45) is 0 Å². The summed E-state index contributed by atoms with van der Waals surface area (Å²) >= 11 is 0. The molecule has 0 saturated carbocycles. The van der Waals surface area contributed by atoms with Crippen LogP contribution in [0.3, 0.4) is 0 Å². The lowest BCUT2D eigenvalue weighted by Gasteiger charge is -2.30. The van der Waals surface area contributed by atoms with E-state index in [0.29, 0.717) is 35.0 Å². The Morgan fingerprint density at radius 2 is 1.90 bits per heavy atom. The van der Waals surface area contributed by atoms with Gasteiger partial charge in [-0.05, 0) is 49.5 Å². The van der Waals surface area contributed by atoms with Gasteiger partial charge >= 0.3 is 5.76 Å². The van der Waals surface area contributed by atoms with E-state index in [1.54, 1.807) is 6.07 Å². The van der Waals surface area contributed by atoms with E-state index in [-0.39, 0.29) is 5.75 Å². The van der Waals surface area contributed by atoms with Crippen LogP contribution in [0.1, 0.15) is 36.8 Å². The van der Waals surface area contributed by atoms with Crippen molar-refractivity contribution in [3.05, 3.63) is 63.6 Å². The number of nitrogens with one attached hydrogen (secondary N) is 2. The molecule has 3 aliphatic heterocycles. The number of aromatic amines is 1. The normalized spacial score (nSPS) is 22.2. The molecule has 7 nitrogen and oxygen atoms in total. The molecule has 2 atom stereocenters. The number of aromatic nitrogens is 2. The molecule has 0 amide bonds. The number of ether oxygens (including phenoxy) is 1. The molecule has 7 heteroatoms. The smallest absolute Gasteiger partial charge is 0.439 e. The SMILES string of the molecule is O=c1[nH]c(-c2ccc3c(c2)Oc2c(O)cccc2C3=C2CC3CCC(C2)N3)no1. The maximum Gasteiger partial charge on any atom is 0.439 e. The molecule has 2 saturated heterocycles. The Hall–Kier alpha value is -3.32. The van der Waals surface area contributed by atoms with Gasteiger partial charge in [-0.15, -0.1) is 0 Å². The van der Waals surface area contributed by atoms with Crippen molar-refractivity contribution < 1.29 is 14.4 Å². The summed E-state index contributed by atoms with van der Waals surface area (Å²) in [5, 5.41) is 17.9. The van der Waals surface area contributed by atoms with Crippen molar-refractivity contribution in [2.45, 2.75) is 37.8 Å². The Labute approximate surface area is 166 Å². The molecule has 6 rings (SSSR count). The third-order valence-corrected chi connectivity index (χ3v) is 6.11. The largest absolute Gasteiger partial charge is 0.504 e. The quantitative estimate of drug-likeness (QED) is 0.460. The number of aromatic hydroxyl groups is 1. The molecule has 3 aromatic rings. The summed E-state index contributed by atoms with van der Waals surface area (Å²) in [4.78, 5) is 13.9. The number of rotatable bonds is 1. The lowest BCUT2D eigenvalue weighted by Crippen LogP contribution is -2.35. The number of para-hydroxylation sites is 1. The number of H-pyrrole nitrogens is 1. The fraction of sp³-hybridized carbons (Fsp3) is 0.273. The fourth-order valence-corrected chi connectivity index (χ4v) is 4.89. The molecule has 29 heavy (non-hydrogen) atoms. The summed E-state index contributed by atoms with van der Waals surface area (Å²) in [6.07, 6.45) is 4.41. The maximum atomic E-state index is 11.3. The van der Waals surface area contributed by atoms with Gasteiger partial charge in [-0.2, -0.15) is 0 Å². The highest BCUT2D eigenvalue weighted by Gasteiger charge is 2.35. The topological polar surface area (TPSA) is 100 Å². The number of hydrogen-bond acceptors (Lipinski definition) is 6. The Balaban J connectivity index is 1.55. The zero-order valence-corrected chi connectivity index (χ0v) is 15.6. The average Bonchev–Trinajstić information content (AvgIpc) is 3.31. The van der Waals surface area contributed by atoms with E-state index in [1.165, 1.54) is 18.4 Å². The van der Waals surface area contributed by atoms with Crippen LogP contribution in [0.25, 0.3) is 17.0 Å². The molecule has 0 spiro atoms. The Morgan fingerprint density at radius 3 is 2.66 bits per heavy atom. The number of piperidine rings is 1. The molecule has 1 aromatic heterocycles. The zero-order valence-electron chi connectivity index (χ0n) is 15.6. The van der Waals surface area contributed by atoms with E-state index in [1.807, 2.05) is 30.3 Å². The van der Waals surface area contributed by atoms with Gasteiger partial charge in [-0.1, -0.05) is 28.9 Å². The summed E-state index contributed by atoms with van der Waals surface area (Å²) in [5.41, 5.74) is 5.15. The monoisotopic (exact) mass is 389 g/mol. The molecule has 3 N–H and O–H groups in total. The molecule has 2 bridgehead atoms. The number of hydrogen-bond donors (Lipinski definition) is 3. The molecular weight excluding hydrogens is 370 g/mol. The zero-order chi connectivity index (χ0) is 19.5. The molecule has 2 unspecified atom stereocenters. The number of nitrogens with zero attached hydrogens (tertiary/aromatic N) is 1. The minimum atomic E-state index is -0.602. The van der Waals surface area contributed by atoms with Gasteiger partial charge in [-0.25, -0.2) is 4.79 Å². The van der Waals surface area contributed by atoms with Crippen LogP contribution in [-0.4, -0.2) is 27.3 Å². The molecule has 4 heterocycles. The minimum absolute atomic E-state index is 0.114. The van der Waals surface area contributed by atoms with Gasteiger partial charge in [0.1, 0.15) is 5.75 Å². The van der Waals surface area contributed by atoms with Gasteiger partial charge < -0.3 is 15.2 Å². The van der Waals surface area contributed by atoms with Crippen LogP contribution in [0, 0.1) is 0 Å². The lowest BCUT2D eigenvalue weighted by atomic mass is 9.84. The Morgan fingerprint density at radius 1 is 1.07 bits per heavy atom. The highest BCUT2D eigenvalue weighted by Crippen LogP contribution is 2.51. The predicted octanol–water partition coefficient (Wildman–Crippen LogP) is 3.56. The highest BCUT2D eigenvalue weighted by molar-refractivity contribution is 5.91. The first-order valence-corrected chi connectivity index (χ1v) is 9.85. The highest BCUT2D eigenvalue weighted by atomic mass is 16.5. The van der Waals surface area contributed by atoms with Gasteiger partial charge in [0.25, 0.3) is 0 Å². The number of benzene rings is 2. The molecule has 3 aliphatic rings. The molecule has 0 aliphatic carbocycles. The molecular formula is C22H19N3O4. The van der Waals surface area contributed by atoms with Crippen molar-refractivity contribution in [1.82, 2.24) is 15.5 Å². The van der Waals surface area contributed by atoms with Crippen LogP contribution in [0.4, 0.5) is 0 Å². The van der Waals surface area contributed by atoms with E-state index in [9.17, 15) is 9.90 Å². The summed E-state index contributed by atoms with van der Waals surface area (Å²) in [5.74, 6) is 0.963. The van der Waals surface area contributed by atoms with E-state index < -0.39 is 5.76 Å². The molecule has 146 valence electrons. The Kier molecular flexibility index (Phi) is 3.49. The maximum absolute atomic E-state index is 11.3. The third-order valence-electron chi connectivity index (χ3n) is 6.11. The number of phenols is 1. The van der Waals surface area contributed by atoms with Gasteiger partial charge in [0.15, 0.2) is 17.3 Å². The summed E-state index contributed by atoms with van der Waals surface area (Å²) in [6.45, 7) is 0. The standard InChI is InChI=1S/C22H19N3O4/c26-17-3-1-2-16-19(12-8-13-5-6-14(9-12)23-13)15-7-4-11(10-18(15)28-20(16)17)21-24-22(27)29-25-21/h1-4,7,10,13-14,23,26H,5-6,8-9H2,(H,24,25,27). The summed E-state index contributed by atoms with van der Waals surface area (Å²) < 4.78 is 10.7. The van der Waals surface area contributed by atoms with Crippen molar-refractivity contribution in [3.63, 3.8) is 0 Å². The van der Waals surface area contributed by atoms with Gasteiger partial charge in [0.2, 0.25) is 0 Å². The van der Waals surface area contributed by atoms with Crippen molar-refractivity contribution >= 4 is 5.57 Å². The van der Waals surface area contributed by atoms with Crippen molar-refractivity contribution in [2.75, 3.05) is 0 Å². The van der Waals surface area contributed by atoms with Crippen molar-refractivity contribution in [1.29, 1.82) is 0 Å². The van der Waals surface area contributed by atoms with Crippen molar-refractivity contribution in [3.8, 4) is 28.6 Å². The molecule has 2 aromatic carbocycles. The molecule has 2 fully saturated rings. The first-order chi connectivity index (χ1) is 14.2. The van der Waals surface area contributed by atoms with Crippen LogP contribution in [-0.2, 0) is 0 Å². The first kappa shape index (κ1) is 16.6. The summed E-state index contributed by atoms with van der Waals surface area (Å²) in [6, 6.07) is 12.3. The van der Waals surface area contributed by atoms with Crippen LogP contribution < -0.4 is 15.8 Å². The Bertz CT molecular complexity index is 1210. The van der Waals surface area contributed by atoms with E-state index in [0.717, 1.165) is 29.5 Å². The minimum Gasteiger partial charge on any atom is -0.504 e. The van der Waals surface area contributed by atoms with Gasteiger partial charge in [0.05, 0.1) is 0 Å². The number of fused-ring (bicyclic) bond motifs is 4. The summed E-state index contributed by atoms with van der Waals surface area (Å²) in [7, 11) is 0. The number of phenolic OH excluding ortho intramolecular Hbond substituents is 1. The van der Waals surface area contributed by atoms with E-state index in [2.05, 4.69) is 20.0 Å². The van der Waals surface area contributed by atoms with Crippen LogP contribution in [0.15, 0.2) is 51.3 Å². The fourth-order valence-electron chi connectivity index (χ4n) is 4.89. The first-order valence-electron chi connectivity index (χ1n) is 9.85. The van der Waals surface area contributed by atoms with Crippen LogP contribution in [0.5, 0.6) is 17.2 Å². The van der Waals surface area contributed by atoms with E-state index in [4.69, 9.17) is 4.74 Å². The second kappa shape index (κ2) is 6.09. The second-order valence-electron chi connectivity index (χ2n) is 7.94. The third kappa shape index (κ3) is 2.61. The molecule has 0 radical (unpaired) electrons. The average molecular weight is 389 g/mol.